The van der Waals surface area contributed by atoms with Crippen LogP contribution >= 0.6 is 19.4 Å². The topological polar surface area (TPSA) is 111 Å². The molecule has 0 fully saturated rings. The molecule has 0 spiro atoms. The monoisotopic (exact) mass is 479 g/mol. The molecule has 13 heteroatoms. The number of alkyl halides is 3. The highest BCUT2D eigenvalue weighted by molar-refractivity contribution is 7.46. The Morgan fingerprint density at radius 1 is 1.13 bits per heavy atom. The molecule has 1 aromatic heterocycles. The van der Waals surface area contributed by atoms with Crippen LogP contribution in [-0.2, 0) is 21.8 Å². The number of ether oxygens (including phenoxy) is 1. The first-order valence-electron chi connectivity index (χ1n) is 8.41. The lowest BCUT2D eigenvalue weighted by Crippen LogP contribution is -2.17. The Labute approximate surface area is 177 Å². The molecule has 0 aliphatic rings. The highest BCUT2D eigenvalue weighted by Gasteiger charge is 2.30. The number of oxazole rings is 1. The normalized spacial score (nSPS) is 12.2. The number of hydrogen-bond acceptors (Lipinski definition) is 5. The Balaban J connectivity index is 1.91. The van der Waals surface area contributed by atoms with Crippen LogP contribution in [0.1, 0.15) is 11.1 Å². The second kappa shape index (κ2) is 8.89. The van der Waals surface area contributed by atoms with Crippen molar-refractivity contribution >= 4 is 19.4 Å². The molecule has 3 rings (SSSR count). The number of phosphoric ester groups is 1. The van der Waals surface area contributed by atoms with Crippen molar-refractivity contribution in [3.63, 3.8) is 0 Å². The average molecular weight is 480 g/mol. The van der Waals surface area contributed by atoms with E-state index in [4.69, 9.17) is 30.5 Å². The molecule has 0 saturated heterocycles. The van der Waals surface area contributed by atoms with Crippen molar-refractivity contribution in [3.05, 3.63) is 75.4 Å². The minimum absolute atomic E-state index is 0.115. The molecular weight excluding hydrogens is 466 g/mol. The van der Waals surface area contributed by atoms with Gasteiger partial charge < -0.3 is 18.9 Å². The molecule has 0 aliphatic heterocycles. The van der Waals surface area contributed by atoms with Gasteiger partial charge in [-0.1, -0.05) is 23.7 Å². The summed E-state index contributed by atoms with van der Waals surface area (Å²) in [5, 5.41) is 0.283. The highest BCUT2D eigenvalue weighted by Crippen LogP contribution is 2.36. The van der Waals surface area contributed by atoms with Gasteiger partial charge in [0.05, 0.1) is 17.8 Å². The number of halogens is 4. The maximum absolute atomic E-state index is 12.8. The molecule has 3 aromatic rings. The van der Waals surface area contributed by atoms with Crippen LogP contribution in [0.15, 0.2) is 57.9 Å². The summed E-state index contributed by atoms with van der Waals surface area (Å²) in [4.78, 5) is 29.7. The summed E-state index contributed by atoms with van der Waals surface area (Å²) < 4.78 is 64.7. The smallest absolute Gasteiger partial charge is 0.467 e. The van der Waals surface area contributed by atoms with Gasteiger partial charge in [-0.3, -0.25) is 4.57 Å². The zero-order chi connectivity index (χ0) is 22.8. The summed E-state index contributed by atoms with van der Waals surface area (Å²) in [5.74, 6) is -0.670. The molecule has 0 atom stereocenters. The van der Waals surface area contributed by atoms with Crippen LogP contribution in [0.2, 0.25) is 5.02 Å². The SMILES string of the molecule is O=c1occ(-c2ccc(C(F)(F)F)cc2)n1Cc1cc(Cl)ccc1OCOP(=O)(O)O. The molecule has 2 aromatic carbocycles. The maximum Gasteiger partial charge on any atom is 0.472 e. The Bertz CT molecular complexity index is 1170. The van der Waals surface area contributed by atoms with Crippen molar-refractivity contribution in [2.45, 2.75) is 12.7 Å². The number of hydrogen-bond donors (Lipinski definition) is 2. The van der Waals surface area contributed by atoms with Crippen molar-refractivity contribution in [1.82, 2.24) is 4.57 Å². The average Bonchev–Trinajstić information content (AvgIpc) is 3.02. The predicted octanol–water partition coefficient (Wildman–Crippen LogP) is 4.27. The molecule has 0 saturated carbocycles. The lowest BCUT2D eigenvalue weighted by molar-refractivity contribution is -0.137. The van der Waals surface area contributed by atoms with Crippen LogP contribution in [0.3, 0.4) is 0 Å². The van der Waals surface area contributed by atoms with Crippen LogP contribution in [0.4, 0.5) is 13.2 Å². The van der Waals surface area contributed by atoms with Crippen LogP contribution in [-0.4, -0.2) is 21.1 Å². The summed E-state index contributed by atoms with van der Waals surface area (Å²) in [6, 6.07) is 8.47. The fraction of sp³-hybridized carbons (Fsp3) is 0.167. The van der Waals surface area contributed by atoms with E-state index in [1.165, 1.54) is 30.3 Å². The fourth-order valence-corrected chi connectivity index (χ4v) is 3.06. The van der Waals surface area contributed by atoms with E-state index in [9.17, 15) is 22.5 Å². The highest BCUT2D eigenvalue weighted by atomic mass is 35.5. The minimum Gasteiger partial charge on any atom is -0.467 e. The van der Waals surface area contributed by atoms with Gasteiger partial charge in [0.1, 0.15) is 12.0 Å². The molecule has 0 bridgehead atoms. The van der Waals surface area contributed by atoms with E-state index < -0.39 is 32.1 Å². The standard InChI is InChI=1S/C18H14ClF3NO7P/c19-14-5-6-16(29-10-30-31(25,26)27)12(7-14)8-23-15(9-28-17(23)24)11-1-3-13(4-2-11)18(20,21)22/h1-7,9H,8,10H2,(H2,25,26,27). The van der Waals surface area contributed by atoms with Crippen LogP contribution in [0.5, 0.6) is 5.75 Å². The van der Waals surface area contributed by atoms with Crippen molar-refractivity contribution < 1.29 is 41.2 Å². The molecule has 0 aliphatic carbocycles. The second-order valence-corrected chi connectivity index (χ2v) is 7.86. The van der Waals surface area contributed by atoms with Crippen molar-refractivity contribution in [3.8, 4) is 17.0 Å². The Morgan fingerprint density at radius 3 is 2.42 bits per heavy atom. The zero-order valence-corrected chi connectivity index (χ0v) is 17.0. The number of aromatic nitrogens is 1. The zero-order valence-electron chi connectivity index (χ0n) is 15.4. The van der Waals surface area contributed by atoms with Gasteiger partial charge in [-0.2, -0.15) is 13.2 Å². The van der Waals surface area contributed by atoms with E-state index in [1.807, 2.05) is 0 Å². The third-order valence-corrected chi connectivity index (χ3v) is 4.75. The van der Waals surface area contributed by atoms with Gasteiger partial charge >= 0.3 is 19.8 Å². The van der Waals surface area contributed by atoms with Crippen LogP contribution in [0, 0.1) is 0 Å². The number of rotatable bonds is 7. The maximum atomic E-state index is 12.8. The first-order valence-corrected chi connectivity index (χ1v) is 10.3. The predicted molar refractivity (Wildman–Crippen MR) is 103 cm³/mol. The molecule has 0 radical (unpaired) electrons. The van der Waals surface area contributed by atoms with Crippen LogP contribution < -0.4 is 10.5 Å². The van der Waals surface area contributed by atoms with Gasteiger partial charge in [-0.25, -0.2) is 13.9 Å². The first-order chi connectivity index (χ1) is 14.4. The second-order valence-electron chi connectivity index (χ2n) is 6.18. The van der Waals surface area contributed by atoms with Gasteiger partial charge in [0.2, 0.25) is 0 Å². The van der Waals surface area contributed by atoms with Gasteiger partial charge in [-0.05, 0) is 30.3 Å². The van der Waals surface area contributed by atoms with E-state index in [0.29, 0.717) is 11.1 Å². The molecule has 166 valence electrons. The van der Waals surface area contributed by atoms with Gasteiger partial charge in [0, 0.05) is 16.1 Å². The molecule has 31 heavy (non-hydrogen) atoms. The number of benzene rings is 2. The van der Waals surface area contributed by atoms with E-state index in [-0.39, 0.29) is 23.0 Å². The van der Waals surface area contributed by atoms with Crippen molar-refractivity contribution in [2.75, 3.05) is 6.79 Å². The number of nitrogens with zero attached hydrogens (tertiary/aromatic N) is 1. The molecular formula is C18H14ClF3NO7P. The Morgan fingerprint density at radius 2 is 1.81 bits per heavy atom. The Kier molecular flexibility index (Phi) is 6.63. The molecule has 2 N–H and O–H groups in total. The van der Waals surface area contributed by atoms with Crippen molar-refractivity contribution in [1.29, 1.82) is 0 Å². The van der Waals surface area contributed by atoms with E-state index in [0.717, 1.165) is 23.0 Å². The van der Waals surface area contributed by atoms with E-state index in [2.05, 4.69) is 4.52 Å². The van der Waals surface area contributed by atoms with Crippen LogP contribution in [0.25, 0.3) is 11.3 Å². The third-order valence-electron chi connectivity index (χ3n) is 4.08. The molecule has 1 heterocycles. The minimum atomic E-state index is -4.76. The lowest BCUT2D eigenvalue weighted by Gasteiger charge is -2.14. The largest absolute Gasteiger partial charge is 0.472 e. The van der Waals surface area contributed by atoms with Gasteiger partial charge in [-0.15, -0.1) is 0 Å². The fourth-order valence-electron chi connectivity index (χ4n) is 2.68. The van der Waals surface area contributed by atoms with E-state index in [1.54, 1.807) is 0 Å². The first kappa shape index (κ1) is 23.1. The van der Waals surface area contributed by atoms with Gasteiger partial charge in [0.15, 0.2) is 6.79 Å². The summed E-state index contributed by atoms with van der Waals surface area (Å²) >= 11 is 5.99. The summed E-state index contributed by atoms with van der Waals surface area (Å²) in [5.41, 5.74) is -0.00741. The summed E-state index contributed by atoms with van der Waals surface area (Å²) in [7, 11) is -4.76. The Hall–Kier alpha value is -2.56. The number of phosphoric acid groups is 1. The van der Waals surface area contributed by atoms with E-state index >= 15 is 0 Å². The summed E-state index contributed by atoms with van der Waals surface area (Å²) in [6.07, 6.45) is -3.40. The molecule has 0 unspecified atom stereocenters. The van der Waals surface area contributed by atoms with Crippen molar-refractivity contribution in [2.24, 2.45) is 0 Å². The lowest BCUT2D eigenvalue weighted by atomic mass is 10.1. The molecule has 8 nitrogen and oxygen atoms in total. The quantitative estimate of drug-likeness (QED) is 0.384. The third kappa shape index (κ3) is 5.99. The summed E-state index contributed by atoms with van der Waals surface area (Å²) in [6.45, 7) is -0.928. The van der Waals surface area contributed by atoms with Gasteiger partial charge in [0.25, 0.3) is 0 Å². The molecule has 0 amide bonds.